The van der Waals surface area contributed by atoms with Gasteiger partial charge in [-0.2, -0.15) is 0 Å². The molecule has 3 aliphatic rings. The summed E-state index contributed by atoms with van der Waals surface area (Å²) >= 11 is 0. The number of benzene rings is 1. The van der Waals surface area contributed by atoms with Gasteiger partial charge in [0.2, 0.25) is 0 Å². The van der Waals surface area contributed by atoms with E-state index in [0.29, 0.717) is 22.5 Å². The maximum atomic E-state index is 14.7. The van der Waals surface area contributed by atoms with Crippen LogP contribution in [0.25, 0.3) is 10.9 Å². The van der Waals surface area contributed by atoms with Gasteiger partial charge in [0, 0.05) is 23.4 Å². The molecule has 0 unspecified atom stereocenters. The van der Waals surface area contributed by atoms with E-state index >= 15 is 0 Å². The Morgan fingerprint density at radius 2 is 1.79 bits per heavy atom. The van der Waals surface area contributed by atoms with Gasteiger partial charge < -0.3 is 9.88 Å². The van der Waals surface area contributed by atoms with Gasteiger partial charge in [0.1, 0.15) is 17.5 Å². The van der Waals surface area contributed by atoms with Crippen LogP contribution in [0.1, 0.15) is 74.9 Å². The van der Waals surface area contributed by atoms with E-state index in [1.807, 2.05) is 10.8 Å². The number of alkyl halides is 2. The van der Waals surface area contributed by atoms with E-state index in [-0.39, 0.29) is 16.7 Å². The maximum absolute atomic E-state index is 14.7. The Balaban J connectivity index is 1.57. The zero-order chi connectivity index (χ0) is 23.3. The van der Waals surface area contributed by atoms with Crippen molar-refractivity contribution in [1.82, 2.24) is 14.5 Å². The molecule has 0 amide bonds. The molecule has 5 nitrogen and oxygen atoms in total. The summed E-state index contributed by atoms with van der Waals surface area (Å²) < 4.78 is 42.9. The van der Waals surface area contributed by atoms with Gasteiger partial charge >= 0.3 is 0 Å². The fourth-order valence-corrected chi connectivity index (χ4v) is 5.64. The summed E-state index contributed by atoms with van der Waals surface area (Å²) in [5.74, 6) is 0.775. The third-order valence-corrected chi connectivity index (χ3v) is 7.52. The SMILES string of the molecule is Cc1nc(N[C@@H](C)c2cccc(C(F)F)c2F)c2cn(C34CCC(CC3)CC4)c(=O)cc2n1. The van der Waals surface area contributed by atoms with Gasteiger partial charge in [-0.05, 0) is 58.3 Å². The van der Waals surface area contributed by atoms with Crippen LogP contribution in [0.5, 0.6) is 0 Å². The lowest BCUT2D eigenvalue weighted by molar-refractivity contribution is 0.0714. The van der Waals surface area contributed by atoms with E-state index in [9.17, 15) is 18.0 Å². The van der Waals surface area contributed by atoms with Crippen molar-refractivity contribution in [2.45, 2.75) is 70.4 Å². The number of pyridine rings is 1. The number of halogens is 3. The van der Waals surface area contributed by atoms with Gasteiger partial charge in [0.15, 0.2) is 0 Å². The average molecular weight is 457 g/mol. The van der Waals surface area contributed by atoms with Crippen LogP contribution in [0.15, 0.2) is 35.3 Å². The van der Waals surface area contributed by atoms with Gasteiger partial charge in [-0.25, -0.2) is 23.1 Å². The normalized spacial score (nSPS) is 23.3. The number of hydrogen-bond acceptors (Lipinski definition) is 4. The quantitative estimate of drug-likeness (QED) is 0.509. The molecule has 2 aromatic heterocycles. The number of anilines is 1. The van der Waals surface area contributed by atoms with Crippen LogP contribution in [0.4, 0.5) is 19.0 Å². The molecular formula is C25H27F3N4O. The number of fused-ring (bicyclic) bond motifs is 4. The summed E-state index contributed by atoms with van der Waals surface area (Å²) in [5, 5.41) is 3.85. The third kappa shape index (κ3) is 3.79. The molecule has 0 aliphatic heterocycles. The Labute approximate surface area is 190 Å². The lowest BCUT2D eigenvalue weighted by atomic mass is 9.65. The Morgan fingerprint density at radius 3 is 2.45 bits per heavy atom. The standard InChI is InChI=1S/C25H27F3N4O/c1-14(17-4-3-5-18(22(17)26)23(27)28)29-24-19-13-32(21(33)12-20(19)30-15(2)31-24)25-9-6-16(7-10-25)8-11-25/h3-5,12-14,16,23H,6-11H2,1-2H3,(H,29,30,31)/t14-,16?,25?/m0/s1. The molecule has 0 spiro atoms. The van der Waals surface area contributed by atoms with Crippen LogP contribution >= 0.6 is 0 Å². The predicted molar refractivity (Wildman–Crippen MR) is 121 cm³/mol. The molecule has 3 aliphatic carbocycles. The van der Waals surface area contributed by atoms with Crippen LogP contribution in [0.3, 0.4) is 0 Å². The summed E-state index contributed by atoms with van der Waals surface area (Å²) in [6, 6.07) is 4.94. The molecule has 2 heterocycles. The monoisotopic (exact) mass is 456 g/mol. The summed E-state index contributed by atoms with van der Waals surface area (Å²) in [5.41, 5.74) is -0.219. The summed E-state index contributed by atoms with van der Waals surface area (Å²) in [7, 11) is 0. The molecule has 6 rings (SSSR count). The second-order valence-electron chi connectivity index (χ2n) is 9.52. The number of rotatable bonds is 5. The fraction of sp³-hybridized carbons (Fsp3) is 0.480. The minimum absolute atomic E-state index is 0.0735. The Kier molecular flexibility index (Phi) is 5.41. The molecule has 0 radical (unpaired) electrons. The highest BCUT2D eigenvalue weighted by Crippen LogP contribution is 2.48. The number of nitrogens with zero attached hydrogens (tertiary/aromatic N) is 3. The number of aryl methyl sites for hydroxylation is 1. The summed E-state index contributed by atoms with van der Waals surface area (Å²) in [6.07, 6.45) is 5.31. The van der Waals surface area contributed by atoms with Crippen molar-refractivity contribution in [1.29, 1.82) is 0 Å². The van der Waals surface area contributed by atoms with Crippen LogP contribution < -0.4 is 10.9 Å². The molecule has 3 saturated carbocycles. The number of aromatic nitrogens is 3. The van der Waals surface area contributed by atoms with E-state index in [2.05, 4.69) is 15.3 Å². The minimum atomic E-state index is -2.89. The van der Waals surface area contributed by atoms with E-state index in [1.54, 1.807) is 19.9 Å². The van der Waals surface area contributed by atoms with Crippen LogP contribution in [0, 0.1) is 18.7 Å². The molecule has 33 heavy (non-hydrogen) atoms. The largest absolute Gasteiger partial charge is 0.363 e. The number of nitrogens with one attached hydrogen (secondary N) is 1. The number of hydrogen-bond donors (Lipinski definition) is 1. The second-order valence-corrected chi connectivity index (χ2v) is 9.52. The first kappa shape index (κ1) is 21.9. The highest BCUT2D eigenvalue weighted by atomic mass is 19.3. The topological polar surface area (TPSA) is 59.8 Å². The lowest BCUT2D eigenvalue weighted by Gasteiger charge is -2.47. The van der Waals surface area contributed by atoms with Gasteiger partial charge in [-0.1, -0.05) is 18.2 Å². The molecule has 3 fully saturated rings. The van der Waals surface area contributed by atoms with E-state index < -0.39 is 23.8 Å². The summed E-state index contributed by atoms with van der Waals surface area (Å²) in [6.45, 7) is 3.42. The van der Waals surface area contributed by atoms with Crippen molar-refractivity contribution in [3.8, 4) is 0 Å². The van der Waals surface area contributed by atoms with Crippen molar-refractivity contribution < 1.29 is 13.2 Å². The Hall–Kier alpha value is -2.90. The Bertz CT molecular complexity index is 1250. The van der Waals surface area contributed by atoms with Crippen molar-refractivity contribution in [3.05, 3.63) is 63.6 Å². The van der Waals surface area contributed by atoms with E-state index in [0.717, 1.165) is 50.5 Å². The van der Waals surface area contributed by atoms with Crippen LogP contribution in [-0.4, -0.2) is 14.5 Å². The second kappa shape index (κ2) is 8.15. The molecule has 0 saturated heterocycles. The first-order valence-corrected chi connectivity index (χ1v) is 11.5. The summed E-state index contributed by atoms with van der Waals surface area (Å²) in [4.78, 5) is 22.0. The molecule has 1 atom stereocenters. The van der Waals surface area contributed by atoms with Crippen molar-refractivity contribution in [3.63, 3.8) is 0 Å². The van der Waals surface area contributed by atoms with Gasteiger partial charge in [-0.3, -0.25) is 4.79 Å². The van der Waals surface area contributed by atoms with Gasteiger partial charge in [-0.15, -0.1) is 0 Å². The molecule has 3 aromatic rings. The third-order valence-electron chi connectivity index (χ3n) is 7.52. The first-order valence-electron chi connectivity index (χ1n) is 11.5. The van der Waals surface area contributed by atoms with Crippen LogP contribution in [-0.2, 0) is 5.54 Å². The Morgan fingerprint density at radius 1 is 1.12 bits per heavy atom. The van der Waals surface area contributed by atoms with Crippen molar-refractivity contribution in [2.24, 2.45) is 5.92 Å². The predicted octanol–water partition coefficient (Wildman–Crippen LogP) is 6.03. The fourth-order valence-electron chi connectivity index (χ4n) is 5.64. The van der Waals surface area contributed by atoms with Gasteiger partial charge in [0.25, 0.3) is 12.0 Å². The first-order chi connectivity index (χ1) is 15.8. The van der Waals surface area contributed by atoms with Crippen molar-refractivity contribution >= 4 is 16.7 Å². The molecule has 8 heteroatoms. The maximum Gasteiger partial charge on any atom is 0.266 e. The molecule has 2 bridgehead atoms. The smallest absolute Gasteiger partial charge is 0.266 e. The zero-order valence-electron chi connectivity index (χ0n) is 18.7. The molecular weight excluding hydrogens is 429 g/mol. The zero-order valence-corrected chi connectivity index (χ0v) is 18.7. The molecule has 1 aromatic carbocycles. The van der Waals surface area contributed by atoms with Crippen LogP contribution in [0.2, 0.25) is 0 Å². The van der Waals surface area contributed by atoms with E-state index in [1.165, 1.54) is 12.1 Å². The average Bonchev–Trinajstić information content (AvgIpc) is 2.79. The molecule has 174 valence electrons. The minimum Gasteiger partial charge on any atom is -0.363 e. The lowest BCUT2D eigenvalue weighted by Crippen LogP contribution is -2.47. The van der Waals surface area contributed by atoms with Crippen molar-refractivity contribution in [2.75, 3.05) is 5.32 Å². The highest BCUT2D eigenvalue weighted by molar-refractivity contribution is 5.88. The molecule has 1 N–H and O–H groups in total. The van der Waals surface area contributed by atoms with E-state index in [4.69, 9.17) is 0 Å². The van der Waals surface area contributed by atoms with Gasteiger partial charge in [0.05, 0.1) is 22.5 Å². The highest BCUT2D eigenvalue weighted by Gasteiger charge is 2.42.